The van der Waals surface area contributed by atoms with Crippen molar-refractivity contribution in [1.82, 2.24) is 0 Å². The molecular weight excluding hydrogens is 178 g/mol. The molecule has 78 valence electrons. The first-order chi connectivity index (χ1) is 6.77. The fourth-order valence-corrected chi connectivity index (χ4v) is 2.92. The van der Waals surface area contributed by atoms with Gasteiger partial charge in [-0.2, -0.15) is 4.99 Å². The minimum Gasteiger partial charge on any atom is -0.381 e. The monoisotopic (exact) mass is 195 g/mol. The van der Waals surface area contributed by atoms with Crippen LogP contribution in [-0.4, -0.2) is 24.8 Å². The van der Waals surface area contributed by atoms with Crippen LogP contribution in [0.15, 0.2) is 4.99 Å². The summed E-state index contributed by atoms with van der Waals surface area (Å²) in [6, 6.07) is 0. The molecule has 2 fully saturated rings. The van der Waals surface area contributed by atoms with Gasteiger partial charge in [-0.1, -0.05) is 6.92 Å². The van der Waals surface area contributed by atoms with Gasteiger partial charge in [0.25, 0.3) is 0 Å². The van der Waals surface area contributed by atoms with Crippen LogP contribution < -0.4 is 0 Å². The number of ether oxygens (including phenoxy) is 1. The highest BCUT2D eigenvalue weighted by molar-refractivity contribution is 5.36. The Balaban J connectivity index is 2.06. The van der Waals surface area contributed by atoms with Crippen LogP contribution in [0.4, 0.5) is 0 Å². The molecule has 1 unspecified atom stereocenters. The van der Waals surface area contributed by atoms with E-state index in [1.54, 1.807) is 6.08 Å². The summed E-state index contributed by atoms with van der Waals surface area (Å²) >= 11 is 0. The van der Waals surface area contributed by atoms with Gasteiger partial charge in [0.05, 0.1) is 12.1 Å². The minimum atomic E-state index is -0.110. The van der Waals surface area contributed by atoms with E-state index in [0.717, 1.165) is 38.9 Å². The molecule has 1 saturated heterocycles. The molecule has 1 aliphatic carbocycles. The molecule has 14 heavy (non-hydrogen) atoms. The van der Waals surface area contributed by atoms with Crippen molar-refractivity contribution in [3.8, 4) is 0 Å². The molecule has 0 aromatic heterocycles. The van der Waals surface area contributed by atoms with Crippen molar-refractivity contribution in [3.63, 3.8) is 0 Å². The highest BCUT2D eigenvalue weighted by atomic mass is 16.5. The number of aliphatic imine (C=N–C) groups is 1. The van der Waals surface area contributed by atoms with Crippen molar-refractivity contribution < 1.29 is 9.53 Å². The molecule has 1 saturated carbocycles. The molecule has 2 rings (SSSR count). The predicted octanol–water partition coefficient (Wildman–Crippen LogP) is 1.92. The van der Waals surface area contributed by atoms with Crippen LogP contribution in [-0.2, 0) is 9.53 Å². The molecule has 3 heteroatoms. The Morgan fingerprint density at radius 2 is 2.29 bits per heavy atom. The van der Waals surface area contributed by atoms with Crippen molar-refractivity contribution in [1.29, 1.82) is 0 Å². The van der Waals surface area contributed by atoms with Crippen LogP contribution in [0.25, 0.3) is 0 Å². The Morgan fingerprint density at radius 1 is 1.50 bits per heavy atom. The first-order valence-electron chi connectivity index (χ1n) is 5.43. The van der Waals surface area contributed by atoms with E-state index in [-0.39, 0.29) is 5.54 Å². The van der Waals surface area contributed by atoms with E-state index in [9.17, 15) is 4.79 Å². The summed E-state index contributed by atoms with van der Waals surface area (Å²) in [5, 5.41) is 0. The number of nitrogens with zero attached hydrogens (tertiary/aromatic N) is 1. The summed E-state index contributed by atoms with van der Waals surface area (Å²) in [5.74, 6) is 1.16. The van der Waals surface area contributed by atoms with E-state index in [0.29, 0.717) is 11.8 Å². The highest BCUT2D eigenvalue weighted by Gasteiger charge is 2.48. The maximum absolute atomic E-state index is 10.4. The molecule has 1 atom stereocenters. The van der Waals surface area contributed by atoms with E-state index in [4.69, 9.17) is 4.74 Å². The summed E-state index contributed by atoms with van der Waals surface area (Å²) in [6.45, 7) is 3.85. The van der Waals surface area contributed by atoms with E-state index >= 15 is 0 Å². The summed E-state index contributed by atoms with van der Waals surface area (Å²) in [5.41, 5.74) is -0.110. The SMILES string of the molecule is CC1CC(N=C=O)(C2CCCOC2)C1. The lowest BCUT2D eigenvalue weighted by atomic mass is 9.62. The van der Waals surface area contributed by atoms with Crippen LogP contribution in [0, 0.1) is 11.8 Å². The average molecular weight is 195 g/mol. The van der Waals surface area contributed by atoms with Crippen molar-refractivity contribution in [2.45, 2.75) is 38.1 Å². The third kappa shape index (κ3) is 1.62. The van der Waals surface area contributed by atoms with E-state index < -0.39 is 0 Å². The summed E-state index contributed by atoms with van der Waals surface area (Å²) in [6.07, 6.45) is 6.08. The second kappa shape index (κ2) is 3.84. The molecule has 0 aromatic carbocycles. The van der Waals surface area contributed by atoms with Gasteiger partial charge in [-0.3, -0.25) is 0 Å². The molecule has 0 bridgehead atoms. The average Bonchev–Trinajstić information content (AvgIpc) is 2.17. The van der Waals surface area contributed by atoms with E-state index in [1.165, 1.54) is 0 Å². The van der Waals surface area contributed by atoms with Crippen molar-refractivity contribution in [2.24, 2.45) is 16.8 Å². The fourth-order valence-electron chi connectivity index (χ4n) is 2.92. The van der Waals surface area contributed by atoms with Crippen LogP contribution >= 0.6 is 0 Å². The van der Waals surface area contributed by atoms with Gasteiger partial charge >= 0.3 is 0 Å². The minimum absolute atomic E-state index is 0.110. The van der Waals surface area contributed by atoms with Gasteiger partial charge in [0.2, 0.25) is 6.08 Å². The molecule has 0 spiro atoms. The van der Waals surface area contributed by atoms with Gasteiger partial charge < -0.3 is 4.74 Å². The molecule has 0 radical (unpaired) electrons. The smallest absolute Gasteiger partial charge is 0.235 e. The normalized spacial score (nSPS) is 42.4. The number of hydrogen-bond acceptors (Lipinski definition) is 3. The van der Waals surface area contributed by atoms with Crippen LogP contribution in [0.1, 0.15) is 32.6 Å². The third-order valence-electron chi connectivity index (χ3n) is 3.59. The maximum Gasteiger partial charge on any atom is 0.235 e. The fraction of sp³-hybridized carbons (Fsp3) is 0.909. The highest BCUT2D eigenvalue weighted by Crippen LogP contribution is 2.48. The second-order valence-corrected chi connectivity index (χ2v) is 4.73. The molecule has 1 heterocycles. The third-order valence-corrected chi connectivity index (χ3v) is 3.59. The van der Waals surface area contributed by atoms with Gasteiger partial charge in [-0.25, -0.2) is 4.79 Å². The zero-order valence-electron chi connectivity index (χ0n) is 8.66. The summed E-state index contributed by atoms with van der Waals surface area (Å²) in [7, 11) is 0. The van der Waals surface area contributed by atoms with Gasteiger partial charge in [0.1, 0.15) is 0 Å². The summed E-state index contributed by atoms with van der Waals surface area (Å²) < 4.78 is 5.46. The molecule has 1 aliphatic heterocycles. The quantitative estimate of drug-likeness (QED) is 0.498. The zero-order valence-corrected chi connectivity index (χ0v) is 8.66. The molecule has 0 N–H and O–H groups in total. The van der Waals surface area contributed by atoms with Gasteiger partial charge in [-0.05, 0) is 31.6 Å². The Morgan fingerprint density at radius 3 is 2.79 bits per heavy atom. The number of carbonyl (C=O) groups excluding carboxylic acids is 1. The van der Waals surface area contributed by atoms with E-state index in [2.05, 4.69) is 11.9 Å². The number of rotatable bonds is 2. The van der Waals surface area contributed by atoms with Crippen molar-refractivity contribution in [2.75, 3.05) is 13.2 Å². The predicted molar refractivity (Wildman–Crippen MR) is 52.8 cm³/mol. The van der Waals surface area contributed by atoms with Crippen LogP contribution in [0.2, 0.25) is 0 Å². The lowest BCUT2D eigenvalue weighted by Gasteiger charge is -2.48. The standard InChI is InChI=1S/C11H17NO2/c1-9-5-11(6-9,12-8-13)10-3-2-4-14-7-10/h9-10H,2-7H2,1H3. The van der Waals surface area contributed by atoms with Gasteiger partial charge in [0, 0.05) is 12.5 Å². The maximum atomic E-state index is 10.4. The first-order valence-corrected chi connectivity index (χ1v) is 5.43. The van der Waals surface area contributed by atoms with Gasteiger partial charge in [0.15, 0.2) is 0 Å². The van der Waals surface area contributed by atoms with Crippen LogP contribution in [0.3, 0.4) is 0 Å². The molecule has 2 aliphatic rings. The molecule has 0 amide bonds. The Labute approximate surface area is 84.5 Å². The largest absolute Gasteiger partial charge is 0.381 e. The van der Waals surface area contributed by atoms with Gasteiger partial charge in [-0.15, -0.1) is 0 Å². The molecular formula is C11H17NO2. The number of isocyanates is 1. The Hall–Kier alpha value is -0.660. The molecule has 0 aromatic rings. The Kier molecular flexibility index (Phi) is 2.71. The summed E-state index contributed by atoms with van der Waals surface area (Å²) in [4.78, 5) is 14.5. The lowest BCUT2D eigenvalue weighted by molar-refractivity contribution is -0.0173. The van der Waals surface area contributed by atoms with Crippen LogP contribution in [0.5, 0.6) is 0 Å². The van der Waals surface area contributed by atoms with Crippen molar-refractivity contribution in [3.05, 3.63) is 0 Å². The lowest BCUT2D eigenvalue weighted by Crippen LogP contribution is -2.50. The zero-order chi connectivity index (χ0) is 10.0. The second-order valence-electron chi connectivity index (χ2n) is 4.73. The van der Waals surface area contributed by atoms with E-state index in [1.807, 2.05) is 0 Å². The Bertz CT molecular complexity index is 246. The van der Waals surface area contributed by atoms with Crippen molar-refractivity contribution >= 4 is 6.08 Å². The topological polar surface area (TPSA) is 38.7 Å². The number of hydrogen-bond donors (Lipinski definition) is 0. The molecule has 3 nitrogen and oxygen atoms in total. The first kappa shape index (κ1) is 9.88.